The van der Waals surface area contributed by atoms with Gasteiger partial charge in [-0.3, -0.25) is 4.90 Å². The van der Waals surface area contributed by atoms with E-state index in [-0.39, 0.29) is 11.6 Å². The summed E-state index contributed by atoms with van der Waals surface area (Å²) in [4.78, 5) is 2.14. The van der Waals surface area contributed by atoms with Gasteiger partial charge in [0.25, 0.3) is 0 Å². The molecule has 0 bridgehead atoms. The highest BCUT2D eigenvalue weighted by atomic mass is 32.1. The quantitative estimate of drug-likeness (QED) is 0.936. The molecule has 0 spiro atoms. The number of piperazine rings is 1. The Hall–Kier alpha value is -1.30. The minimum atomic E-state index is -0.472. The fraction of sp³-hybridized carbons (Fsp3) is 0.333. The van der Waals surface area contributed by atoms with Gasteiger partial charge in [-0.1, -0.05) is 6.07 Å². The van der Waals surface area contributed by atoms with Crippen molar-refractivity contribution in [3.63, 3.8) is 0 Å². The molecule has 1 atom stereocenters. The van der Waals surface area contributed by atoms with E-state index in [2.05, 4.69) is 10.2 Å². The summed E-state index contributed by atoms with van der Waals surface area (Å²) in [5.41, 5.74) is 1.12. The van der Waals surface area contributed by atoms with Crippen LogP contribution < -0.4 is 5.32 Å². The van der Waals surface area contributed by atoms with Crippen LogP contribution in [0.15, 0.2) is 35.0 Å². The van der Waals surface area contributed by atoms with Crippen LogP contribution >= 0.6 is 11.3 Å². The van der Waals surface area contributed by atoms with E-state index >= 15 is 0 Å². The molecule has 0 aliphatic carbocycles. The number of thiophene rings is 1. The second-order valence-electron chi connectivity index (χ2n) is 4.88. The van der Waals surface area contributed by atoms with Gasteiger partial charge in [0.1, 0.15) is 11.6 Å². The standard InChI is InChI=1S/C15H16F2N2S/c16-12-2-1-3-13(17)14(12)15(11-4-9-20-10-11)19-7-5-18-6-8-19/h1-4,9-10,15,18H,5-8H2/t15-/m0/s1. The highest BCUT2D eigenvalue weighted by Crippen LogP contribution is 2.33. The van der Waals surface area contributed by atoms with Gasteiger partial charge in [-0.05, 0) is 34.5 Å². The Kier molecular flexibility index (Phi) is 4.10. The molecular formula is C15H16F2N2S. The number of hydrogen-bond donors (Lipinski definition) is 1. The Bertz CT molecular complexity index is 545. The summed E-state index contributed by atoms with van der Waals surface area (Å²) in [7, 11) is 0. The van der Waals surface area contributed by atoms with Crippen molar-refractivity contribution in [1.82, 2.24) is 10.2 Å². The molecule has 0 amide bonds. The first-order chi connectivity index (χ1) is 9.77. The fourth-order valence-corrected chi connectivity index (χ4v) is 3.38. The average Bonchev–Trinajstić information content (AvgIpc) is 2.98. The van der Waals surface area contributed by atoms with Crippen molar-refractivity contribution >= 4 is 11.3 Å². The fourth-order valence-electron chi connectivity index (χ4n) is 2.70. The van der Waals surface area contributed by atoms with Crippen molar-refractivity contribution < 1.29 is 8.78 Å². The zero-order valence-corrected chi connectivity index (χ0v) is 11.8. The highest BCUT2D eigenvalue weighted by Gasteiger charge is 2.28. The van der Waals surface area contributed by atoms with E-state index in [4.69, 9.17) is 0 Å². The molecule has 1 saturated heterocycles. The number of halogens is 2. The zero-order chi connectivity index (χ0) is 13.9. The summed E-state index contributed by atoms with van der Waals surface area (Å²) in [5, 5.41) is 7.19. The van der Waals surface area contributed by atoms with Crippen LogP contribution in [0, 0.1) is 11.6 Å². The third kappa shape index (κ3) is 2.61. The van der Waals surface area contributed by atoms with Crippen LogP contribution in [0.1, 0.15) is 17.2 Å². The second kappa shape index (κ2) is 5.99. The molecule has 1 fully saturated rings. The van der Waals surface area contributed by atoms with Gasteiger partial charge in [0.15, 0.2) is 0 Å². The summed E-state index contributed by atoms with van der Waals surface area (Å²) >= 11 is 1.55. The Morgan fingerprint density at radius 3 is 2.40 bits per heavy atom. The highest BCUT2D eigenvalue weighted by molar-refractivity contribution is 7.08. The van der Waals surface area contributed by atoms with Crippen LogP contribution in [0.2, 0.25) is 0 Å². The van der Waals surface area contributed by atoms with Gasteiger partial charge < -0.3 is 5.32 Å². The largest absolute Gasteiger partial charge is 0.314 e. The van der Waals surface area contributed by atoms with E-state index < -0.39 is 11.6 Å². The third-order valence-corrected chi connectivity index (χ3v) is 4.35. The van der Waals surface area contributed by atoms with Gasteiger partial charge in [0, 0.05) is 31.7 Å². The first-order valence-corrected chi connectivity index (χ1v) is 7.62. The van der Waals surface area contributed by atoms with Crippen LogP contribution in [0.4, 0.5) is 8.78 Å². The summed E-state index contributed by atoms with van der Waals surface area (Å²) in [6.07, 6.45) is 0. The predicted molar refractivity (Wildman–Crippen MR) is 77.0 cm³/mol. The molecule has 20 heavy (non-hydrogen) atoms. The van der Waals surface area contributed by atoms with E-state index in [1.54, 1.807) is 11.3 Å². The molecule has 1 aliphatic rings. The molecule has 0 unspecified atom stereocenters. The number of benzene rings is 1. The first-order valence-electron chi connectivity index (χ1n) is 6.68. The lowest BCUT2D eigenvalue weighted by molar-refractivity contribution is 0.192. The Morgan fingerprint density at radius 1 is 1.10 bits per heavy atom. The number of nitrogens with one attached hydrogen (secondary N) is 1. The molecule has 1 aromatic heterocycles. The van der Waals surface area contributed by atoms with Crippen LogP contribution in [0.5, 0.6) is 0 Å². The smallest absolute Gasteiger partial charge is 0.131 e. The summed E-state index contributed by atoms with van der Waals surface area (Å²) in [5.74, 6) is -0.945. The molecule has 0 radical (unpaired) electrons. The van der Waals surface area contributed by atoms with Crippen molar-refractivity contribution in [3.8, 4) is 0 Å². The Labute approximate surface area is 121 Å². The molecule has 2 nitrogen and oxygen atoms in total. The molecule has 3 rings (SSSR count). The summed E-state index contributed by atoms with van der Waals surface area (Å²) < 4.78 is 28.3. The lowest BCUT2D eigenvalue weighted by Gasteiger charge is -2.35. The Morgan fingerprint density at radius 2 is 1.80 bits per heavy atom. The first kappa shape index (κ1) is 13.7. The number of nitrogens with zero attached hydrogens (tertiary/aromatic N) is 1. The minimum absolute atomic E-state index is 0.160. The Balaban J connectivity index is 2.05. The van der Waals surface area contributed by atoms with Gasteiger partial charge >= 0.3 is 0 Å². The van der Waals surface area contributed by atoms with Crippen molar-refractivity contribution in [2.24, 2.45) is 0 Å². The van der Waals surface area contributed by atoms with Crippen molar-refractivity contribution in [2.75, 3.05) is 26.2 Å². The van der Waals surface area contributed by atoms with Crippen LogP contribution in [-0.4, -0.2) is 31.1 Å². The molecule has 1 aromatic carbocycles. The molecule has 5 heteroatoms. The maximum absolute atomic E-state index is 14.2. The molecule has 106 valence electrons. The van der Waals surface area contributed by atoms with E-state index in [0.29, 0.717) is 0 Å². The lowest BCUT2D eigenvalue weighted by atomic mass is 9.97. The SMILES string of the molecule is Fc1cccc(F)c1[C@H](c1ccsc1)N1CCNCC1. The average molecular weight is 294 g/mol. The second-order valence-corrected chi connectivity index (χ2v) is 5.66. The van der Waals surface area contributed by atoms with Crippen LogP contribution in [-0.2, 0) is 0 Å². The molecule has 0 saturated carbocycles. The number of hydrogen-bond acceptors (Lipinski definition) is 3. The van der Waals surface area contributed by atoms with Crippen LogP contribution in [0.25, 0.3) is 0 Å². The molecule has 1 aliphatic heterocycles. The number of rotatable bonds is 3. The minimum Gasteiger partial charge on any atom is -0.314 e. The summed E-state index contributed by atoms with van der Waals surface area (Å²) in [6.45, 7) is 3.26. The maximum Gasteiger partial charge on any atom is 0.131 e. The van der Waals surface area contributed by atoms with Crippen molar-refractivity contribution in [2.45, 2.75) is 6.04 Å². The van der Waals surface area contributed by atoms with Gasteiger partial charge in [0.05, 0.1) is 6.04 Å². The van der Waals surface area contributed by atoms with E-state index in [1.165, 1.54) is 18.2 Å². The lowest BCUT2D eigenvalue weighted by Crippen LogP contribution is -2.45. The van der Waals surface area contributed by atoms with Crippen LogP contribution in [0.3, 0.4) is 0 Å². The molecule has 1 N–H and O–H groups in total. The van der Waals surface area contributed by atoms with Gasteiger partial charge in [-0.25, -0.2) is 8.78 Å². The van der Waals surface area contributed by atoms with Gasteiger partial charge in [0.2, 0.25) is 0 Å². The van der Waals surface area contributed by atoms with E-state index in [9.17, 15) is 8.78 Å². The zero-order valence-electron chi connectivity index (χ0n) is 11.0. The van der Waals surface area contributed by atoms with E-state index in [0.717, 1.165) is 31.7 Å². The van der Waals surface area contributed by atoms with E-state index in [1.807, 2.05) is 16.8 Å². The summed E-state index contributed by atoms with van der Waals surface area (Å²) in [6, 6.07) is 5.68. The van der Waals surface area contributed by atoms with Crippen molar-refractivity contribution in [1.29, 1.82) is 0 Å². The molecule has 2 aromatic rings. The monoisotopic (exact) mass is 294 g/mol. The topological polar surface area (TPSA) is 15.3 Å². The van der Waals surface area contributed by atoms with Gasteiger partial charge in [-0.15, -0.1) is 0 Å². The molecular weight excluding hydrogens is 278 g/mol. The molecule has 2 heterocycles. The van der Waals surface area contributed by atoms with Gasteiger partial charge in [-0.2, -0.15) is 11.3 Å². The third-order valence-electron chi connectivity index (χ3n) is 3.65. The van der Waals surface area contributed by atoms with Crippen molar-refractivity contribution in [3.05, 3.63) is 57.8 Å². The predicted octanol–water partition coefficient (Wildman–Crippen LogP) is 3.02. The normalized spacial score (nSPS) is 18.1. The maximum atomic E-state index is 14.2.